The van der Waals surface area contributed by atoms with Crippen LogP contribution in [-0.4, -0.2) is 43.6 Å². The van der Waals surface area contributed by atoms with Crippen molar-refractivity contribution in [2.75, 3.05) is 0 Å². The van der Waals surface area contributed by atoms with E-state index in [4.69, 9.17) is 20.4 Å². The topological polar surface area (TPSA) is 115 Å². The van der Waals surface area contributed by atoms with Crippen LogP contribution in [0.4, 0.5) is 0 Å². The number of aliphatic hydroxyl groups is 2. The van der Waals surface area contributed by atoms with Gasteiger partial charge in [-0.25, -0.2) is 9.59 Å². The Kier molecular flexibility index (Phi) is 2.46. The van der Waals surface area contributed by atoms with Crippen molar-refractivity contribution in [1.29, 1.82) is 0 Å². The summed E-state index contributed by atoms with van der Waals surface area (Å²) in [5.74, 6) is -3.59. The Labute approximate surface area is 68.1 Å². The first-order valence-corrected chi connectivity index (χ1v) is 3.05. The number of rotatable bonds is 3. The van der Waals surface area contributed by atoms with E-state index >= 15 is 0 Å². The van der Waals surface area contributed by atoms with Gasteiger partial charge in [0.05, 0.1) is 0 Å². The van der Waals surface area contributed by atoms with Gasteiger partial charge >= 0.3 is 11.9 Å². The first-order chi connectivity index (χ1) is 5.14. The van der Waals surface area contributed by atoms with Crippen LogP contribution in [0.3, 0.4) is 0 Å². The fourth-order valence-corrected chi connectivity index (χ4v) is 0.416. The second-order valence-electron chi connectivity index (χ2n) is 2.75. The molecule has 0 fully saturated rings. The van der Waals surface area contributed by atoms with Crippen molar-refractivity contribution in [2.24, 2.45) is 0 Å². The summed E-state index contributed by atoms with van der Waals surface area (Å²) in [6.45, 7) is 1.42. The summed E-state index contributed by atoms with van der Waals surface area (Å²) in [4.78, 5) is 20.6. The van der Waals surface area contributed by atoms with E-state index in [1.165, 1.54) is 0 Å². The maximum atomic E-state index is 10.3. The Morgan fingerprint density at radius 3 is 1.17 bits per heavy atom. The lowest BCUT2D eigenvalue weighted by atomic mass is 9.86. The van der Waals surface area contributed by atoms with Crippen LogP contribution < -0.4 is 0 Å². The largest absolute Gasteiger partial charge is 0.479 e. The molecule has 2 unspecified atom stereocenters. The number of carbonyl (C=O) groups is 2. The number of carboxylic acids is 2. The molecule has 12 heavy (non-hydrogen) atoms. The molecule has 0 aromatic carbocycles. The van der Waals surface area contributed by atoms with Gasteiger partial charge in [-0.2, -0.15) is 0 Å². The smallest absolute Gasteiger partial charge is 0.339 e. The van der Waals surface area contributed by atoms with Gasteiger partial charge in [0, 0.05) is 0 Å². The molecule has 2 atom stereocenters. The highest BCUT2D eigenvalue weighted by molar-refractivity contribution is 5.89. The molecule has 0 saturated heterocycles. The zero-order valence-electron chi connectivity index (χ0n) is 6.61. The van der Waals surface area contributed by atoms with Crippen molar-refractivity contribution < 1.29 is 30.0 Å². The van der Waals surface area contributed by atoms with Crippen LogP contribution in [0, 0.1) is 0 Å². The molecule has 0 amide bonds. The van der Waals surface area contributed by atoms with E-state index < -0.39 is 23.1 Å². The van der Waals surface area contributed by atoms with Crippen molar-refractivity contribution in [3.8, 4) is 0 Å². The van der Waals surface area contributed by atoms with Gasteiger partial charge in [0.25, 0.3) is 0 Å². The molecule has 6 heteroatoms. The zero-order valence-corrected chi connectivity index (χ0v) is 6.61. The van der Waals surface area contributed by atoms with Gasteiger partial charge < -0.3 is 20.4 Å². The Bertz CT molecular complexity index is 192. The molecule has 0 aliphatic heterocycles. The average Bonchev–Trinajstić information content (AvgIpc) is 1.86. The van der Waals surface area contributed by atoms with E-state index in [2.05, 4.69) is 0 Å². The molecular formula is C6H10O6. The monoisotopic (exact) mass is 178 g/mol. The third kappa shape index (κ3) is 1.39. The summed E-state index contributed by atoms with van der Waals surface area (Å²) in [7, 11) is 0. The van der Waals surface area contributed by atoms with Gasteiger partial charge in [0.2, 0.25) is 0 Å². The van der Waals surface area contributed by atoms with Crippen molar-refractivity contribution >= 4 is 11.9 Å². The van der Waals surface area contributed by atoms with Gasteiger partial charge in [0.15, 0.2) is 11.2 Å². The molecule has 0 aliphatic rings. The predicted molar refractivity (Wildman–Crippen MR) is 36.5 cm³/mol. The molecule has 4 N–H and O–H groups in total. The fourth-order valence-electron chi connectivity index (χ4n) is 0.416. The van der Waals surface area contributed by atoms with Gasteiger partial charge in [-0.15, -0.1) is 0 Å². The number of carboxylic acid groups (broad SMARTS) is 2. The van der Waals surface area contributed by atoms with E-state index in [-0.39, 0.29) is 0 Å². The Hall–Kier alpha value is -1.14. The second-order valence-corrected chi connectivity index (χ2v) is 2.75. The minimum absolute atomic E-state index is 0.712. The number of aliphatic carboxylic acids is 2. The molecule has 0 radical (unpaired) electrons. The van der Waals surface area contributed by atoms with Crippen LogP contribution in [0.25, 0.3) is 0 Å². The Morgan fingerprint density at radius 2 is 1.08 bits per heavy atom. The molecule has 0 bridgehead atoms. The van der Waals surface area contributed by atoms with Gasteiger partial charge in [-0.05, 0) is 13.8 Å². The van der Waals surface area contributed by atoms with Gasteiger partial charge in [0.1, 0.15) is 0 Å². The highest BCUT2D eigenvalue weighted by Crippen LogP contribution is 2.22. The highest BCUT2D eigenvalue weighted by Gasteiger charge is 2.53. The van der Waals surface area contributed by atoms with E-state index in [0.717, 1.165) is 0 Å². The highest BCUT2D eigenvalue weighted by atomic mass is 16.4. The molecule has 6 nitrogen and oxygen atoms in total. The van der Waals surface area contributed by atoms with E-state index in [0.29, 0.717) is 13.8 Å². The van der Waals surface area contributed by atoms with Gasteiger partial charge in [-0.1, -0.05) is 0 Å². The van der Waals surface area contributed by atoms with Crippen LogP contribution in [0.1, 0.15) is 13.8 Å². The van der Waals surface area contributed by atoms with Crippen molar-refractivity contribution in [3.05, 3.63) is 0 Å². The molecule has 70 valence electrons. The molecule has 0 aromatic rings. The van der Waals surface area contributed by atoms with E-state index in [1.54, 1.807) is 0 Å². The van der Waals surface area contributed by atoms with Crippen LogP contribution in [0.5, 0.6) is 0 Å². The molecule has 0 spiro atoms. The molecule has 0 aromatic heterocycles. The van der Waals surface area contributed by atoms with Crippen molar-refractivity contribution in [2.45, 2.75) is 25.0 Å². The lowest BCUT2D eigenvalue weighted by molar-refractivity contribution is -0.199. The number of hydrogen-bond acceptors (Lipinski definition) is 4. The van der Waals surface area contributed by atoms with Crippen LogP contribution in [0.2, 0.25) is 0 Å². The summed E-state index contributed by atoms with van der Waals surface area (Å²) in [5.41, 5.74) is -5.42. The number of hydrogen-bond donors (Lipinski definition) is 4. The molecule has 0 heterocycles. The van der Waals surface area contributed by atoms with Crippen LogP contribution in [-0.2, 0) is 9.59 Å². The maximum Gasteiger partial charge on any atom is 0.339 e. The van der Waals surface area contributed by atoms with Crippen molar-refractivity contribution in [1.82, 2.24) is 0 Å². The van der Waals surface area contributed by atoms with Crippen LogP contribution in [0.15, 0.2) is 0 Å². The fraction of sp³-hybridized carbons (Fsp3) is 0.667. The molecular weight excluding hydrogens is 168 g/mol. The van der Waals surface area contributed by atoms with Crippen LogP contribution >= 0.6 is 0 Å². The maximum absolute atomic E-state index is 10.3. The summed E-state index contributed by atoms with van der Waals surface area (Å²) in [6.07, 6.45) is 0. The second kappa shape index (κ2) is 2.72. The normalized spacial score (nSPS) is 20.7. The summed E-state index contributed by atoms with van der Waals surface area (Å²) in [5, 5.41) is 34.8. The first-order valence-electron chi connectivity index (χ1n) is 3.05. The van der Waals surface area contributed by atoms with Crippen molar-refractivity contribution in [3.63, 3.8) is 0 Å². The first kappa shape index (κ1) is 10.9. The van der Waals surface area contributed by atoms with Gasteiger partial charge in [-0.3, -0.25) is 0 Å². The zero-order chi connectivity index (χ0) is 10.2. The lowest BCUT2D eigenvalue weighted by Gasteiger charge is -2.30. The van der Waals surface area contributed by atoms with E-state index in [1.807, 2.05) is 0 Å². The molecule has 0 rings (SSSR count). The third-order valence-electron chi connectivity index (χ3n) is 1.78. The summed E-state index contributed by atoms with van der Waals surface area (Å²) in [6, 6.07) is 0. The summed E-state index contributed by atoms with van der Waals surface area (Å²) >= 11 is 0. The quantitative estimate of drug-likeness (QED) is 0.425. The Morgan fingerprint density at radius 1 is 0.917 bits per heavy atom. The average molecular weight is 178 g/mol. The Balaban J connectivity index is 5.01. The van der Waals surface area contributed by atoms with E-state index in [9.17, 15) is 9.59 Å². The SMILES string of the molecule is CC(O)(C(=O)O)C(C)(O)C(=O)O. The minimum Gasteiger partial charge on any atom is -0.479 e. The molecule has 0 aliphatic carbocycles. The minimum atomic E-state index is -2.71. The standard InChI is InChI=1S/C6H10O6/c1-5(11,3(7)8)6(2,12)4(9)10/h11-12H,1-2H3,(H,7,8)(H,9,10). The predicted octanol–water partition coefficient (Wildman–Crippen LogP) is -1.34. The third-order valence-corrected chi connectivity index (χ3v) is 1.78. The lowest BCUT2D eigenvalue weighted by Crippen LogP contribution is -2.60. The molecule has 0 saturated carbocycles. The summed E-state index contributed by atoms with van der Waals surface area (Å²) < 4.78 is 0.